The molecule has 0 aromatic carbocycles. The summed E-state index contributed by atoms with van der Waals surface area (Å²) in [5, 5.41) is 10.9. The fourth-order valence-electron chi connectivity index (χ4n) is 1.99. The molecule has 0 saturated carbocycles. The summed E-state index contributed by atoms with van der Waals surface area (Å²) < 4.78 is 0. The van der Waals surface area contributed by atoms with Crippen LogP contribution in [-0.4, -0.2) is 28.5 Å². The average molecular weight is 257 g/mol. The summed E-state index contributed by atoms with van der Waals surface area (Å²) >= 11 is 6.02. The first-order valence-corrected chi connectivity index (χ1v) is 5.70. The van der Waals surface area contributed by atoms with Crippen molar-refractivity contribution in [3.8, 4) is 0 Å². The molecular weight excluding hydrogens is 244 g/mol. The zero-order valence-corrected chi connectivity index (χ0v) is 10.1. The molecule has 2 N–H and O–H groups in total. The van der Waals surface area contributed by atoms with Gasteiger partial charge in [0.1, 0.15) is 12.0 Å². The Kier molecular flexibility index (Phi) is 3.17. The Bertz CT molecular complexity index is 454. The number of pyridine rings is 1. The summed E-state index contributed by atoms with van der Waals surface area (Å²) in [4.78, 5) is 16.1. The van der Waals surface area contributed by atoms with E-state index >= 15 is 0 Å². The minimum Gasteiger partial charge on any atom is -0.351 e. The van der Waals surface area contributed by atoms with E-state index < -0.39 is 4.92 Å². The Hall–Kier alpha value is -1.40. The van der Waals surface area contributed by atoms with Gasteiger partial charge in [-0.3, -0.25) is 10.1 Å². The Labute approximate surface area is 104 Å². The van der Waals surface area contributed by atoms with Crippen molar-refractivity contribution < 1.29 is 4.92 Å². The van der Waals surface area contributed by atoms with E-state index in [1.807, 2.05) is 11.8 Å². The molecule has 0 amide bonds. The van der Waals surface area contributed by atoms with E-state index in [9.17, 15) is 10.1 Å². The number of rotatable bonds is 2. The van der Waals surface area contributed by atoms with Crippen LogP contribution in [0.1, 0.15) is 13.3 Å². The number of anilines is 1. The molecular formula is C10H13ClN4O2. The van der Waals surface area contributed by atoms with Gasteiger partial charge < -0.3 is 10.6 Å². The van der Waals surface area contributed by atoms with Crippen molar-refractivity contribution in [2.24, 2.45) is 5.73 Å². The number of hydrogen-bond donors (Lipinski definition) is 1. The lowest BCUT2D eigenvalue weighted by atomic mass is 10.2. The van der Waals surface area contributed by atoms with Crippen LogP contribution in [0.3, 0.4) is 0 Å². The number of nitro groups is 1. The molecule has 2 unspecified atom stereocenters. The van der Waals surface area contributed by atoms with E-state index in [0.29, 0.717) is 10.8 Å². The monoisotopic (exact) mass is 256 g/mol. The van der Waals surface area contributed by atoms with Crippen molar-refractivity contribution in [1.82, 2.24) is 4.98 Å². The van der Waals surface area contributed by atoms with E-state index in [1.54, 1.807) is 0 Å². The number of hydrogen-bond acceptors (Lipinski definition) is 5. The quantitative estimate of drug-likeness (QED) is 0.641. The molecule has 0 aliphatic carbocycles. The Morgan fingerprint density at radius 3 is 2.88 bits per heavy atom. The molecule has 2 rings (SSSR count). The fraction of sp³-hybridized carbons (Fsp3) is 0.500. The van der Waals surface area contributed by atoms with Gasteiger partial charge in [0.25, 0.3) is 5.69 Å². The van der Waals surface area contributed by atoms with E-state index in [-0.39, 0.29) is 17.8 Å². The van der Waals surface area contributed by atoms with Crippen molar-refractivity contribution >= 4 is 23.1 Å². The van der Waals surface area contributed by atoms with Crippen molar-refractivity contribution in [3.63, 3.8) is 0 Å². The first kappa shape index (κ1) is 12.1. The third-order valence-corrected chi connectivity index (χ3v) is 3.38. The lowest BCUT2D eigenvalue weighted by Crippen LogP contribution is -2.37. The van der Waals surface area contributed by atoms with Crippen molar-refractivity contribution in [1.29, 1.82) is 0 Å². The normalized spacial score (nSPS) is 24.1. The molecule has 0 spiro atoms. The van der Waals surface area contributed by atoms with Crippen LogP contribution in [0, 0.1) is 10.1 Å². The maximum atomic E-state index is 10.6. The van der Waals surface area contributed by atoms with Crippen molar-refractivity contribution in [3.05, 3.63) is 27.4 Å². The molecule has 0 radical (unpaired) electrons. The summed E-state index contributed by atoms with van der Waals surface area (Å²) in [7, 11) is 0. The fourth-order valence-corrected chi connectivity index (χ4v) is 2.26. The van der Waals surface area contributed by atoms with Crippen LogP contribution in [0.4, 0.5) is 11.5 Å². The van der Waals surface area contributed by atoms with E-state index in [1.165, 1.54) is 12.3 Å². The van der Waals surface area contributed by atoms with Crippen molar-refractivity contribution in [2.45, 2.75) is 25.4 Å². The van der Waals surface area contributed by atoms with Crippen LogP contribution in [0.25, 0.3) is 0 Å². The van der Waals surface area contributed by atoms with Gasteiger partial charge in [0.05, 0.1) is 9.95 Å². The van der Waals surface area contributed by atoms with Gasteiger partial charge in [-0.25, -0.2) is 4.98 Å². The van der Waals surface area contributed by atoms with Crippen LogP contribution in [0.2, 0.25) is 5.02 Å². The second kappa shape index (κ2) is 4.46. The summed E-state index contributed by atoms with van der Waals surface area (Å²) in [5.41, 5.74) is 5.81. The Balaban J connectivity index is 2.31. The lowest BCUT2D eigenvalue weighted by Gasteiger charge is -2.24. The highest BCUT2D eigenvalue weighted by molar-refractivity contribution is 6.33. The molecule has 2 heterocycles. The predicted molar refractivity (Wildman–Crippen MR) is 65.3 cm³/mol. The summed E-state index contributed by atoms with van der Waals surface area (Å²) in [6.45, 7) is 2.77. The van der Waals surface area contributed by atoms with Gasteiger partial charge in [-0.2, -0.15) is 0 Å². The van der Waals surface area contributed by atoms with E-state index in [4.69, 9.17) is 17.3 Å². The highest BCUT2D eigenvalue weighted by Gasteiger charge is 2.30. The second-order valence-corrected chi connectivity index (χ2v) is 4.55. The molecule has 1 aliphatic rings. The van der Waals surface area contributed by atoms with E-state index in [0.717, 1.165) is 13.0 Å². The van der Waals surface area contributed by atoms with Gasteiger partial charge in [0.2, 0.25) is 0 Å². The molecule has 0 bridgehead atoms. The highest BCUT2D eigenvalue weighted by atomic mass is 35.5. The molecule has 17 heavy (non-hydrogen) atoms. The third-order valence-electron chi connectivity index (χ3n) is 3.10. The lowest BCUT2D eigenvalue weighted by molar-refractivity contribution is -0.385. The van der Waals surface area contributed by atoms with Crippen molar-refractivity contribution in [2.75, 3.05) is 11.4 Å². The SMILES string of the molecule is CC1C(N)CCN1c1ncc([N+](=O)[O-])cc1Cl. The maximum Gasteiger partial charge on any atom is 0.289 e. The van der Waals surface area contributed by atoms with Crippen LogP contribution in [0.15, 0.2) is 12.3 Å². The molecule has 1 aromatic rings. The largest absolute Gasteiger partial charge is 0.351 e. The van der Waals surface area contributed by atoms with Crippen LogP contribution < -0.4 is 10.6 Å². The third kappa shape index (κ3) is 2.18. The second-order valence-electron chi connectivity index (χ2n) is 4.14. The van der Waals surface area contributed by atoms with Gasteiger partial charge in [-0.05, 0) is 13.3 Å². The smallest absolute Gasteiger partial charge is 0.289 e. The number of halogens is 1. The maximum absolute atomic E-state index is 10.6. The van der Waals surface area contributed by atoms with Gasteiger partial charge in [0.15, 0.2) is 0 Å². The molecule has 2 atom stereocenters. The standard InChI is InChI=1S/C10H13ClN4O2/c1-6-9(12)2-3-14(6)10-8(11)4-7(5-13-10)15(16)17/h4-6,9H,2-3,12H2,1H3. The molecule has 92 valence electrons. The molecule has 1 aromatic heterocycles. The topological polar surface area (TPSA) is 85.3 Å². The predicted octanol–water partition coefficient (Wildman–Crippen LogP) is 1.57. The summed E-state index contributed by atoms with van der Waals surface area (Å²) in [6, 6.07) is 1.55. The molecule has 6 nitrogen and oxygen atoms in total. The average Bonchev–Trinajstić information content (AvgIpc) is 2.60. The van der Waals surface area contributed by atoms with Gasteiger partial charge >= 0.3 is 0 Å². The van der Waals surface area contributed by atoms with Gasteiger partial charge in [-0.15, -0.1) is 0 Å². The minimum absolute atomic E-state index is 0.0862. The Morgan fingerprint density at radius 2 is 2.41 bits per heavy atom. The van der Waals surface area contributed by atoms with Crippen LogP contribution in [0.5, 0.6) is 0 Å². The zero-order valence-electron chi connectivity index (χ0n) is 9.34. The number of nitrogens with zero attached hydrogens (tertiary/aromatic N) is 3. The molecule has 1 saturated heterocycles. The Morgan fingerprint density at radius 1 is 1.71 bits per heavy atom. The summed E-state index contributed by atoms with van der Waals surface area (Å²) in [5.74, 6) is 0.567. The van der Waals surface area contributed by atoms with Gasteiger partial charge in [0, 0.05) is 24.7 Å². The number of nitrogens with two attached hydrogens (primary N) is 1. The number of aromatic nitrogens is 1. The summed E-state index contributed by atoms with van der Waals surface area (Å²) in [6.07, 6.45) is 2.09. The highest BCUT2D eigenvalue weighted by Crippen LogP contribution is 2.31. The molecule has 7 heteroatoms. The van der Waals surface area contributed by atoms with Gasteiger partial charge in [-0.1, -0.05) is 11.6 Å². The molecule has 1 aliphatic heterocycles. The van der Waals surface area contributed by atoms with Crippen LogP contribution in [-0.2, 0) is 0 Å². The first-order valence-electron chi connectivity index (χ1n) is 5.33. The first-order chi connectivity index (χ1) is 8.00. The van der Waals surface area contributed by atoms with Crippen LogP contribution >= 0.6 is 11.6 Å². The minimum atomic E-state index is -0.512. The molecule has 1 fully saturated rings. The van der Waals surface area contributed by atoms with E-state index in [2.05, 4.69) is 4.98 Å². The zero-order chi connectivity index (χ0) is 12.6.